The van der Waals surface area contributed by atoms with E-state index in [2.05, 4.69) is 43.8 Å². The van der Waals surface area contributed by atoms with Crippen LogP contribution >= 0.6 is 0 Å². The van der Waals surface area contributed by atoms with E-state index < -0.39 is 11.7 Å². The van der Waals surface area contributed by atoms with E-state index in [-0.39, 0.29) is 11.6 Å². The van der Waals surface area contributed by atoms with Gasteiger partial charge in [-0.15, -0.1) is 0 Å². The van der Waals surface area contributed by atoms with Crippen molar-refractivity contribution in [2.75, 3.05) is 46.8 Å². The van der Waals surface area contributed by atoms with E-state index in [1.807, 2.05) is 0 Å². The number of hydrogen-bond acceptors (Lipinski definition) is 4. The second kappa shape index (κ2) is 7.74. The minimum atomic E-state index is -4.40. The first-order chi connectivity index (χ1) is 14.5. The van der Waals surface area contributed by atoms with Crippen LogP contribution in [-0.4, -0.2) is 74.3 Å². The van der Waals surface area contributed by atoms with Gasteiger partial charge in [0.15, 0.2) is 5.69 Å². The number of fused-ring (bicyclic) bond motifs is 3. The van der Waals surface area contributed by atoms with Crippen LogP contribution < -0.4 is 4.48 Å². The predicted molar refractivity (Wildman–Crippen MR) is 120 cm³/mol. The van der Waals surface area contributed by atoms with E-state index in [1.54, 1.807) is 6.07 Å². The van der Waals surface area contributed by atoms with Gasteiger partial charge in [-0.1, -0.05) is 11.6 Å². The Bertz CT molecular complexity index is 970. The van der Waals surface area contributed by atoms with Crippen molar-refractivity contribution in [3.05, 3.63) is 34.9 Å². The predicted octanol–water partition coefficient (Wildman–Crippen LogP) is 4.38. The molecule has 3 aliphatic rings. The largest absolute Gasteiger partial charge is 0.416 e. The zero-order valence-electron chi connectivity index (χ0n) is 18.9. The van der Waals surface area contributed by atoms with Crippen LogP contribution in [0.3, 0.4) is 0 Å². The number of alkyl halides is 3. The number of rotatable bonds is 0. The topological polar surface area (TPSA) is 31.2 Å². The molecule has 4 rings (SSSR count). The second-order valence-electron chi connectivity index (χ2n) is 9.16. The van der Waals surface area contributed by atoms with Crippen molar-refractivity contribution < 1.29 is 13.2 Å². The molecule has 2 unspecified atom stereocenters. The van der Waals surface area contributed by atoms with Crippen LogP contribution in [0.4, 0.5) is 24.5 Å². The van der Waals surface area contributed by atoms with Gasteiger partial charge in [0.05, 0.1) is 25.2 Å². The molecule has 168 valence electrons. The molecule has 1 saturated heterocycles. The summed E-state index contributed by atoms with van der Waals surface area (Å²) in [5, 5.41) is 0. The first kappa shape index (κ1) is 22.0. The Morgan fingerprint density at radius 2 is 1.77 bits per heavy atom. The Morgan fingerprint density at radius 1 is 1.10 bits per heavy atom. The molecule has 8 heteroatoms. The van der Waals surface area contributed by atoms with Crippen LogP contribution in [0.25, 0.3) is 0 Å². The molecule has 3 aliphatic heterocycles. The number of aliphatic imine (C=N–C) groups is 2. The molecule has 0 aromatic heterocycles. The fraction of sp³-hybridized carbons (Fsp3) is 0.565. The van der Waals surface area contributed by atoms with Gasteiger partial charge < -0.3 is 9.80 Å². The average Bonchev–Trinajstić information content (AvgIpc) is 2.69. The van der Waals surface area contributed by atoms with E-state index >= 15 is 0 Å². The minimum Gasteiger partial charge on any atom is -0.348 e. The van der Waals surface area contributed by atoms with Crippen molar-refractivity contribution in [3.63, 3.8) is 0 Å². The number of hydrogen-bond donors (Lipinski definition) is 0. The fourth-order valence-electron chi connectivity index (χ4n) is 4.62. The third-order valence-electron chi connectivity index (χ3n) is 6.87. The average molecular weight is 435 g/mol. The number of nitrogens with zero attached hydrogens (tertiary/aromatic N) is 5. The van der Waals surface area contributed by atoms with E-state index in [1.165, 1.54) is 18.6 Å². The molecule has 0 saturated carbocycles. The molecule has 0 amide bonds. The molecule has 1 fully saturated rings. The Balaban J connectivity index is 1.93. The highest BCUT2D eigenvalue weighted by atomic mass is 19.4. The van der Waals surface area contributed by atoms with E-state index in [0.717, 1.165) is 56.5 Å². The van der Waals surface area contributed by atoms with Crippen LogP contribution in [0.2, 0.25) is 0 Å². The van der Waals surface area contributed by atoms with Gasteiger partial charge >= 0.3 is 6.18 Å². The third kappa shape index (κ3) is 3.91. The third-order valence-corrected chi connectivity index (χ3v) is 6.87. The zero-order valence-corrected chi connectivity index (χ0v) is 18.9. The quantitative estimate of drug-likeness (QED) is 0.448. The molecule has 0 aliphatic carbocycles. The van der Waals surface area contributed by atoms with Gasteiger partial charge in [0, 0.05) is 38.7 Å². The van der Waals surface area contributed by atoms with Crippen molar-refractivity contribution in [2.45, 2.75) is 39.4 Å². The highest BCUT2D eigenvalue weighted by Crippen LogP contribution is 2.44. The lowest BCUT2D eigenvalue weighted by atomic mass is 10.0. The number of amidine groups is 2. The first-order valence-electron chi connectivity index (χ1n) is 10.9. The maximum absolute atomic E-state index is 13.7. The SMILES string of the molecule is CC1=CCC[N+]2(C)C(=NC1C)C(N1CCN(C)CC1)=Nc1cc(C(F)(F)F)c(C)cc12. The van der Waals surface area contributed by atoms with Crippen LogP contribution in [0.15, 0.2) is 33.8 Å². The number of quaternary nitrogens is 1. The van der Waals surface area contributed by atoms with Gasteiger partial charge in [-0.3, -0.25) is 0 Å². The minimum absolute atomic E-state index is 0.00232. The molecule has 31 heavy (non-hydrogen) atoms. The maximum atomic E-state index is 13.7. The summed E-state index contributed by atoms with van der Waals surface area (Å²) < 4.78 is 41.3. The van der Waals surface area contributed by atoms with Crippen molar-refractivity contribution in [1.29, 1.82) is 0 Å². The molecule has 1 aromatic carbocycles. The van der Waals surface area contributed by atoms with Crippen LogP contribution in [0.1, 0.15) is 31.4 Å². The highest BCUT2D eigenvalue weighted by molar-refractivity contribution is 6.45. The molecule has 0 spiro atoms. The molecule has 2 atom stereocenters. The van der Waals surface area contributed by atoms with Gasteiger partial charge in [-0.2, -0.15) is 13.2 Å². The van der Waals surface area contributed by atoms with Crippen molar-refractivity contribution in [1.82, 2.24) is 14.3 Å². The lowest BCUT2D eigenvalue weighted by Crippen LogP contribution is -2.62. The highest BCUT2D eigenvalue weighted by Gasteiger charge is 2.46. The summed E-state index contributed by atoms with van der Waals surface area (Å²) >= 11 is 0. The number of aryl methyl sites for hydroxylation is 1. The van der Waals surface area contributed by atoms with Gasteiger partial charge in [-0.25, -0.2) is 14.5 Å². The van der Waals surface area contributed by atoms with Gasteiger partial charge in [0.25, 0.3) is 5.84 Å². The van der Waals surface area contributed by atoms with Gasteiger partial charge in [-0.05, 0) is 39.4 Å². The maximum Gasteiger partial charge on any atom is 0.416 e. The van der Waals surface area contributed by atoms with Crippen LogP contribution in [0.5, 0.6) is 0 Å². The zero-order chi connectivity index (χ0) is 22.6. The summed E-state index contributed by atoms with van der Waals surface area (Å²) in [6.45, 7) is 9.76. The summed E-state index contributed by atoms with van der Waals surface area (Å²) in [6, 6.07) is 2.90. The second-order valence-corrected chi connectivity index (χ2v) is 9.16. The summed E-state index contributed by atoms with van der Waals surface area (Å²) in [5.74, 6) is 1.58. The molecular formula is C23H31F3N5+. The molecule has 0 N–H and O–H groups in total. The number of halogens is 3. The smallest absolute Gasteiger partial charge is 0.348 e. The monoisotopic (exact) mass is 434 g/mol. The van der Waals surface area contributed by atoms with Gasteiger partial charge in [0.1, 0.15) is 5.69 Å². The lowest BCUT2D eigenvalue weighted by Gasteiger charge is -2.43. The van der Waals surface area contributed by atoms with Crippen molar-refractivity contribution in [3.8, 4) is 0 Å². The molecule has 0 radical (unpaired) electrons. The fourth-order valence-corrected chi connectivity index (χ4v) is 4.62. The lowest BCUT2D eigenvalue weighted by molar-refractivity contribution is -0.138. The number of piperazine rings is 1. The number of likely N-dealkylation sites (N-methyl/N-ethyl adjacent to an activating group) is 2. The van der Waals surface area contributed by atoms with E-state index in [9.17, 15) is 13.2 Å². The first-order valence-corrected chi connectivity index (χ1v) is 10.9. The number of benzene rings is 1. The summed E-state index contributed by atoms with van der Waals surface area (Å²) in [6.07, 6.45) is -1.37. The Hall–Kier alpha value is -2.19. The van der Waals surface area contributed by atoms with Crippen LogP contribution in [-0.2, 0) is 6.18 Å². The van der Waals surface area contributed by atoms with E-state index in [4.69, 9.17) is 9.98 Å². The summed E-state index contributed by atoms with van der Waals surface area (Å²) in [7, 11) is 4.15. The standard InChI is InChI=1S/C23H31F3N5/c1-15-7-6-12-31(5)20-13-16(2)18(23(24,25)26)14-19(20)28-21(22(31)27-17(15)3)30-10-8-29(4)9-11-30/h7,13-14,17H,6,8-12H2,1-5H3/q+1. The van der Waals surface area contributed by atoms with Gasteiger partial charge in [0.2, 0.25) is 5.84 Å². The normalized spacial score (nSPS) is 27.4. The Morgan fingerprint density at radius 3 is 2.42 bits per heavy atom. The van der Waals surface area contributed by atoms with Crippen LogP contribution in [0, 0.1) is 6.92 Å². The Kier molecular flexibility index (Phi) is 5.50. The molecular weight excluding hydrogens is 403 g/mol. The van der Waals surface area contributed by atoms with E-state index in [0.29, 0.717) is 10.2 Å². The van der Waals surface area contributed by atoms with Crippen molar-refractivity contribution in [2.24, 2.45) is 9.98 Å². The van der Waals surface area contributed by atoms with Crippen molar-refractivity contribution >= 4 is 23.0 Å². The Labute approximate surface area is 182 Å². The molecule has 5 nitrogen and oxygen atoms in total. The molecule has 1 aromatic rings. The summed E-state index contributed by atoms with van der Waals surface area (Å²) in [4.78, 5) is 14.4. The molecule has 0 bridgehead atoms. The summed E-state index contributed by atoms with van der Waals surface area (Å²) in [5.41, 5.74) is 2.02. The molecule has 3 heterocycles.